The van der Waals surface area contributed by atoms with Crippen molar-refractivity contribution >= 4 is 27.5 Å². The fourth-order valence-electron chi connectivity index (χ4n) is 5.57. The second-order valence-electron chi connectivity index (χ2n) is 11.0. The molecule has 0 spiro atoms. The van der Waals surface area contributed by atoms with E-state index in [1.807, 2.05) is 19.9 Å². The molecule has 1 aliphatic carbocycles. The number of nitrogens with one attached hydrogen (secondary N) is 1. The quantitative estimate of drug-likeness (QED) is 0.243. The highest BCUT2D eigenvalue weighted by molar-refractivity contribution is 7.92. The number of rotatable bonds is 14. The Morgan fingerprint density at radius 2 is 1.64 bits per heavy atom. The first-order chi connectivity index (χ1) is 21.7. The van der Waals surface area contributed by atoms with E-state index in [0.29, 0.717) is 24.5 Å². The van der Waals surface area contributed by atoms with Crippen LogP contribution in [0.3, 0.4) is 0 Å². The number of halogens is 1. The molecule has 0 saturated heterocycles. The molecule has 0 radical (unpaired) electrons. The van der Waals surface area contributed by atoms with Crippen LogP contribution in [0.1, 0.15) is 57.9 Å². The average Bonchev–Trinajstić information content (AvgIpc) is 3.04. The third kappa shape index (κ3) is 8.75. The minimum Gasteiger partial charge on any atom is -0.497 e. The Morgan fingerprint density at radius 3 is 2.27 bits per heavy atom. The van der Waals surface area contributed by atoms with Gasteiger partial charge < -0.3 is 19.7 Å². The Balaban J connectivity index is 1.72. The minimum absolute atomic E-state index is 0.0354. The second kappa shape index (κ2) is 15.7. The van der Waals surface area contributed by atoms with Crippen LogP contribution in [0.4, 0.5) is 10.1 Å². The van der Waals surface area contributed by atoms with Crippen molar-refractivity contribution in [1.82, 2.24) is 10.2 Å². The first-order valence-electron chi connectivity index (χ1n) is 15.4. The summed E-state index contributed by atoms with van der Waals surface area (Å²) >= 11 is 0. The molecule has 1 aliphatic rings. The lowest BCUT2D eigenvalue weighted by molar-refractivity contribution is -0.140. The summed E-state index contributed by atoms with van der Waals surface area (Å²) in [7, 11) is -2.78. The van der Waals surface area contributed by atoms with Gasteiger partial charge in [0.05, 0.1) is 24.3 Å². The van der Waals surface area contributed by atoms with Gasteiger partial charge in [0, 0.05) is 12.6 Å². The summed E-state index contributed by atoms with van der Waals surface area (Å²) in [6, 6.07) is 17.2. The number of benzene rings is 3. The predicted octanol–water partition coefficient (Wildman–Crippen LogP) is 5.68. The van der Waals surface area contributed by atoms with Crippen molar-refractivity contribution in [2.45, 2.75) is 75.9 Å². The Hall–Kier alpha value is -4.12. The Labute approximate surface area is 265 Å². The minimum atomic E-state index is -4.33. The molecule has 2 amide bonds. The number of anilines is 1. The van der Waals surface area contributed by atoms with Crippen molar-refractivity contribution in [2.75, 3.05) is 24.6 Å². The van der Waals surface area contributed by atoms with Crippen LogP contribution in [0.15, 0.2) is 77.7 Å². The number of amides is 2. The topological polar surface area (TPSA) is 105 Å². The molecule has 0 aliphatic heterocycles. The molecule has 11 heteroatoms. The fraction of sp³-hybridized carbons (Fsp3) is 0.412. The normalized spacial score (nSPS) is 14.3. The van der Waals surface area contributed by atoms with Gasteiger partial charge >= 0.3 is 0 Å². The van der Waals surface area contributed by atoms with Gasteiger partial charge in [-0.15, -0.1) is 0 Å². The fourth-order valence-corrected chi connectivity index (χ4v) is 6.98. The van der Waals surface area contributed by atoms with E-state index in [1.165, 1.54) is 4.90 Å². The van der Waals surface area contributed by atoms with Crippen molar-refractivity contribution in [3.05, 3.63) is 84.2 Å². The summed E-state index contributed by atoms with van der Waals surface area (Å²) in [5, 5.41) is 3.14. The van der Waals surface area contributed by atoms with Gasteiger partial charge in [-0.05, 0) is 92.4 Å². The molecule has 0 heterocycles. The SMILES string of the molecule is CCOc1ccc(N(CC(=O)N(Cc2cccc(OC)c2)[C@H](CC)C(=O)NC2CCCCC2)S(=O)(=O)c2ccc(F)cc2)cc1. The van der Waals surface area contributed by atoms with Crippen molar-refractivity contribution in [3.63, 3.8) is 0 Å². The summed E-state index contributed by atoms with van der Waals surface area (Å²) in [4.78, 5) is 29.3. The maximum atomic E-state index is 14.3. The largest absolute Gasteiger partial charge is 0.497 e. The average molecular weight is 640 g/mol. The van der Waals surface area contributed by atoms with E-state index in [4.69, 9.17) is 9.47 Å². The van der Waals surface area contributed by atoms with E-state index >= 15 is 0 Å². The smallest absolute Gasteiger partial charge is 0.264 e. The molecule has 45 heavy (non-hydrogen) atoms. The number of carbonyl (C=O) groups is 2. The maximum Gasteiger partial charge on any atom is 0.264 e. The standard InChI is InChI=1S/C34H42FN3O6S/c1-4-32(34(40)36-27-11-7-6-8-12-27)37(23-25-10-9-13-30(22-25)43-3)33(39)24-38(28-16-18-29(19-17-28)44-5-2)45(41,42)31-20-14-26(35)15-21-31/h9-10,13-22,27,32H,4-8,11-12,23-24H2,1-3H3,(H,36,40)/t32-/m1/s1. The lowest BCUT2D eigenvalue weighted by Gasteiger charge is -2.34. The van der Waals surface area contributed by atoms with Crippen molar-refractivity contribution in [3.8, 4) is 11.5 Å². The number of hydrogen-bond acceptors (Lipinski definition) is 6. The van der Waals surface area contributed by atoms with Gasteiger partial charge in [0.15, 0.2) is 0 Å². The van der Waals surface area contributed by atoms with Gasteiger partial charge in [-0.3, -0.25) is 13.9 Å². The molecule has 0 aromatic heterocycles. The van der Waals surface area contributed by atoms with Gasteiger partial charge in [-0.2, -0.15) is 0 Å². The number of nitrogens with zero attached hydrogens (tertiary/aromatic N) is 2. The molecule has 1 N–H and O–H groups in total. The van der Waals surface area contributed by atoms with Crippen LogP contribution >= 0.6 is 0 Å². The van der Waals surface area contributed by atoms with Crippen LogP contribution in [-0.4, -0.2) is 57.5 Å². The number of sulfonamides is 1. The van der Waals surface area contributed by atoms with Gasteiger partial charge in [-0.1, -0.05) is 38.3 Å². The summed E-state index contributed by atoms with van der Waals surface area (Å²) in [5.74, 6) is -0.291. The molecule has 9 nitrogen and oxygen atoms in total. The predicted molar refractivity (Wildman–Crippen MR) is 171 cm³/mol. The molecule has 0 unspecified atom stereocenters. The third-order valence-electron chi connectivity index (χ3n) is 7.94. The maximum absolute atomic E-state index is 14.3. The highest BCUT2D eigenvalue weighted by atomic mass is 32.2. The molecular weight excluding hydrogens is 597 g/mol. The van der Waals surface area contributed by atoms with Crippen LogP contribution in [0.2, 0.25) is 0 Å². The van der Waals surface area contributed by atoms with Crippen LogP contribution in [-0.2, 0) is 26.2 Å². The van der Waals surface area contributed by atoms with Crippen molar-refractivity contribution in [2.24, 2.45) is 0 Å². The molecule has 1 fully saturated rings. The first kappa shape index (κ1) is 33.8. The van der Waals surface area contributed by atoms with E-state index in [0.717, 1.165) is 66.2 Å². The molecule has 1 saturated carbocycles. The summed E-state index contributed by atoms with van der Waals surface area (Å²) < 4.78 is 53.6. The number of ether oxygens (including phenoxy) is 2. The Bertz CT molecular complexity index is 1530. The number of carbonyl (C=O) groups excluding carboxylic acids is 2. The van der Waals surface area contributed by atoms with Crippen molar-refractivity contribution < 1.29 is 31.9 Å². The molecular formula is C34H42FN3O6S. The molecule has 3 aromatic carbocycles. The van der Waals surface area contributed by atoms with Gasteiger partial charge in [0.25, 0.3) is 10.0 Å². The number of hydrogen-bond donors (Lipinski definition) is 1. The van der Waals surface area contributed by atoms with Crippen LogP contribution < -0.4 is 19.1 Å². The lowest BCUT2D eigenvalue weighted by Crippen LogP contribution is -2.54. The van der Waals surface area contributed by atoms with Crippen molar-refractivity contribution in [1.29, 1.82) is 0 Å². The first-order valence-corrected chi connectivity index (χ1v) is 16.8. The molecule has 4 rings (SSSR count). The van der Waals surface area contributed by atoms with Crippen LogP contribution in [0, 0.1) is 5.82 Å². The van der Waals surface area contributed by atoms with E-state index in [-0.39, 0.29) is 29.1 Å². The van der Waals surface area contributed by atoms with E-state index in [9.17, 15) is 22.4 Å². The zero-order valence-electron chi connectivity index (χ0n) is 26.1. The van der Waals surface area contributed by atoms with Crippen LogP contribution in [0.25, 0.3) is 0 Å². The van der Waals surface area contributed by atoms with Crippen LogP contribution in [0.5, 0.6) is 11.5 Å². The summed E-state index contributed by atoms with van der Waals surface area (Å²) in [6.45, 7) is 3.56. The molecule has 3 aromatic rings. The highest BCUT2D eigenvalue weighted by Gasteiger charge is 2.34. The summed E-state index contributed by atoms with van der Waals surface area (Å²) in [6.07, 6.45) is 5.29. The van der Waals surface area contributed by atoms with E-state index in [2.05, 4.69) is 5.32 Å². The van der Waals surface area contributed by atoms with Gasteiger partial charge in [0.2, 0.25) is 11.8 Å². The lowest BCUT2D eigenvalue weighted by atomic mass is 9.95. The zero-order chi connectivity index (χ0) is 32.4. The van der Waals surface area contributed by atoms with E-state index < -0.39 is 34.3 Å². The molecule has 0 bridgehead atoms. The molecule has 242 valence electrons. The monoisotopic (exact) mass is 639 g/mol. The van der Waals surface area contributed by atoms with Gasteiger partial charge in [-0.25, -0.2) is 12.8 Å². The highest BCUT2D eigenvalue weighted by Crippen LogP contribution is 2.27. The van der Waals surface area contributed by atoms with E-state index in [1.54, 1.807) is 49.6 Å². The summed E-state index contributed by atoms with van der Waals surface area (Å²) in [5.41, 5.74) is 0.942. The third-order valence-corrected chi connectivity index (χ3v) is 9.73. The second-order valence-corrected chi connectivity index (χ2v) is 12.9. The molecule has 1 atom stereocenters. The Kier molecular flexibility index (Phi) is 11.8. The number of methoxy groups -OCH3 is 1. The Morgan fingerprint density at radius 1 is 0.956 bits per heavy atom. The van der Waals surface area contributed by atoms with Gasteiger partial charge in [0.1, 0.15) is 29.9 Å². The zero-order valence-corrected chi connectivity index (χ0v) is 26.9.